The molecule has 1 saturated carbocycles. The molecule has 3 nitrogen and oxygen atoms in total. The van der Waals surface area contributed by atoms with Gasteiger partial charge in [-0.3, -0.25) is 0 Å². The fourth-order valence-electron chi connectivity index (χ4n) is 0.908. The van der Waals surface area contributed by atoms with Crippen LogP contribution in [0.5, 0.6) is 0 Å². The summed E-state index contributed by atoms with van der Waals surface area (Å²) in [6, 6.07) is 0.456. The van der Waals surface area contributed by atoms with Gasteiger partial charge >= 0.3 is 6.03 Å². The number of thiol groups is 1. The lowest BCUT2D eigenvalue weighted by molar-refractivity contribution is 0.206. The van der Waals surface area contributed by atoms with Gasteiger partial charge in [-0.2, -0.15) is 12.6 Å². The summed E-state index contributed by atoms with van der Waals surface area (Å²) in [6.45, 7) is 1.84. The molecule has 64 valence electrons. The van der Waals surface area contributed by atoms with Crippen LogP contribution in [-0.2, 0) is 0 Å². The van der Waals surface area contributed by atoms with Gasteiger partial charge in [0.05, 0.1) is 5.37 Å². The molecule has 1 N–H and O–H groups in total. The van der Waals surface area contributed by atoms with Crippen molar-refractivity contribution in [3.05, 3.63) is 0 Å². The van der Waals surface area contributed by atoms with Gasteiger partial charge in [0.1, 0.15) is 0 Å². The maximum absolute atomic E-state index is 11.2. The molecule has 0 aliphatic heterocycles. The Morgan fingerprint density at radius 2 is 2.27 bits per heavy atom. The largest absolute Gasteiger partial charge is 0.327 e. The van der Waals surface area contributed by atoms with E-state index in [4.69, 9.17) is 0 Å². The highest BCUT2D eigenvalue weighted by molar-refractivity contribution is 7.80. The fraction of sp³-hybridized carbons (Fsp3) is 0.857. The number of urea groups is 1. The van der Waals surface area contributed by atoms with Gasteiger partial charge in [0.15, 0.2) is 0 Å². The fourth-order valence-corrected chi connectivity index (χ4v) is 1.02. The smallest absolute Gasteiger partial charge is 0.318 e. The first-order chi connectivity index (χ1) is 5.11. The average molecular weight is 174 g/mol. The van der Waals surface area contributed by atoms with Crippen LogP contribution in [0, 0.1) is 0 Å². The van der Waals surface area contributed by atoms with Gasteiger partial charge in [0, 0.05) is 13.1 Å². The third-order valence-corrected chi connectivity index (χ3v) is 1.88. The summed E-state index contributed by atoms with van der Waals surface area (Å²) < 4.78 is 0. The first-order valence-electron chi connectivity index (χ1n) is 3.82. The Hall–Kier alpha value is -0.380. The normalized spacial score (nSPS) is 19.2. The minimum Gasteiger partial charge on any atom is -0.327 e. The zero-order valence-electron chi connectivity index (χ0n) is 6.87. The summed E-state index contributed by atoms with van der Waals surface area (Å²) in [6.07, 6.45) is 2.29. The van der Waals surface area contributed by atoms with Crippen molar-refractivity contribution in [2.24, 2.45) is 0 Å². The Bertz CT molecular complexity index is 157. The number of carbonyl (C=O) groups is 1. The zero-order chi connectivity index (χ0) is 8.43. The molecule has 0 saturated heterocycles. The average Bonchev–Trinajstić information content (AvgIpc) is 2.65. The molecular weight excluding hydrogens is 160 g/mol. The number of amides is 2. The number of hydrogen-bond acceptors (Lipinski definition) is 2. The van der Waals surface area contributed by atoms with E-state index in [1.807, 2.05) is 14.0 Å². The number of carbonyl (C=O) groups excluding carboxylic acids is 1. The van der Waals surface area contributed by atoms with Gasteiger partial charge in [-0.25, -0.2) is 4.79 Å². The summed E-state index contributed by atoms with van der Waals surface area (Å²) in [7, 11) is 1.82. The SMILES string of the molecule is CC(S)NC(=O)N(C)C1CC1. The highest BCUT2D eigenvalue weighted by Gasteiger charge is 2.29. The van der Waals surface area contributed by atoms with Crippen LogP contribution in [0.2, 0.25) is 0 Å². The lowest BCUT2D eigenvalue weighted by Gasteiger charge is -2.18. The highest BCUT2D eigenvalue weighted by atomic mass is 32.1. The Kier molecular flexibility index (Phi) is 2.65. The Balaban J connectivity index is 2.27. The predicted molar refractivity (Wildman–Crippen MR) is 47.8 cm³/mol. The number of nitrogens with zero attached hydrogens (tertiary/aromatic N) is 1. The van der Waals surface area contributed by atoms with E-state index in [2.05, 4.69) is 17.9 Å². The third-order valence-electron chi connectivity index (χ3n) is 1.75. The highest BCUT2D eigenvalue weighted by Crippen LogP contribution is 2.25. The second-order valence-corrected chi connectivity index (χ2v) is 3.74. The number of rotatable bonds is 2. The second-order valence-electron chi connectivity index (χ2n) is 2.97. The van der Waals surface area contributed by atoms with Crippen molar-refractivity contribution in [2.75, 3.05) is 7.05 Å². The minimum atomic E-state index is -0.0660. The van der Waals surface area contributed by atoms with Crippen molar-refractivity contribution in [2.45, 2.75) is 31.2 Å². The first kappa shape index (κ1) is 8.71. The lowest BCUT2D eigenvalue weighted by Crippen LogP contribution is -2.41. The van der Waals surface area contributed by atoms with Crippen LogP contribution < -0.4 is 5.32 Å². The quantitative estimate of drug-likeness (QED) is 0.476. The minimum absolute atomic E-state index is 0.0185. The van der Waals surface area contributed by atoms with E-state index in [1.54, 1.807) is 4.90 Å². The van der Waals surface area contributed by atoms with Gasteiger partial charge in [-0.05, 0) is 19.8 Å². The summed E-state index contributed by atoms with van der Waals surface area (Å²) in [4.78, 5) is 12.9. The van der Waals surface area contributed by atoms with Crippen LogP contribution in [0.4, 0.5) is 4.79 Å². The molecular formula is C7H14N2OS. The molecule has 0 heterocycles. The van der Waals surface area contributed by atoms with Crippen molar-refractivity contribution in [3.8, 4) is 0 Å². The molecule has 0 spiro atoms. The molecule has 0 aromatic rings. The maximum atomic E-state index is 11.2. The Morgan fingerprint density at radius 1 is 1.73 bits per heavy atom. The van der Waals surface area contributed by atoms with E-state index >= 15 is 0 Å². The second kappa shape index (κ2) is 3.34. The Labute approximate surface area is 72.5 Å². The van der Waals surface area contributed by atoms with Crippen LogP contribution >= 0.6 is 12.6 Å². The number of nitrogens with one attached hydrogen (secondary N) is 1. The van der Waals surface area contributed by atoms with Gasteiger partial charge in [0.25, 0.3) is 0 Å². The van der Waals surface area contributed by atoms with E-state index in [0.717, 1.165) is 12.8 Å². The van der Waals surface area contributed by atoms with Gasteiger partial charge in [0.2, 0.25) is 0 Å². The molecule has 1 aliphatic carbocycles. The lowest BCUT2D eigenvalue weighted by atomic mass is 10.6. The molecule has 0 aromatic heterocycles. The van der Waals surface area contributed by atoms with Gasteiger partial charge in [-0.15, -0.1) is 0 Å². The monoisotopic (exact) mass is 174 g/mol. The molecule has 1 rings (SSSR count). The molecule has 11 heavy (non-hydrogen) atoms. The molecule has 1 fully saturated rings. The maximum Gasteiger partial charge on any atom is 0.318 e. The van der Waals surface area contributed by atoms with Gasteiger partial charge in [-0.1, -0.05) is 0 Å². The topological polar surface area (TPSA) is 32.3 Å². The molecule has 1 aliphatic rings. The van der Waals surface area contributed by atoms with E-state index in [-0.39, 0.29) is 11.4 Å². The van der Waals surface area contributed by atoms with Crippen molar-refractivity contribution >= 4 is 18.7 Å². The Morgan fingerprint density at radius 3 is 2.64 bits per heavy atom. The molecule has 1 atom stereocenters. The van der Waals surface area contributed by atoms with E-state index < -0.39 is 0 Å². The predicted octanol–water partition coefficient (Wildman–Crippen LogP) is 1.07. The molecule has 0 bridgehead atoms. The van der Waals surface area contributed by atoms with Crippen LogP contribution in [0.1, 0.15) is 19.8 Å². The molecule has 0 aromatic carbocycles. The van der Waals surface area contributed by atoms with E-state index in [9.17, 15) is 4.79 Å². The van der Waals surface area contributed by atoms with E-state index in [1.165, 1.54) is 0 Å². The van der Waals surface area contributed by atoms with Crippen LogP contribution in [0.3, 0.4) is 0 Å². The van der Waals surface area contributed by atoms with E-state index in [0.29, 0.717) is 6.04 Å². The van der Waals surface area contributed by atoms with Crippen molar-refractivity contribution in [3.63, 3.8) is 0 Å². The summed E-state index contributed by atoms with van der Waals surface area (Å²) >= 11 is 4.06. The standard InChI is InChI=1S/C7H14N2OS/c1-5(11)8-7(10)9(2)6-3-4-6/h5-6,11H,3-4H2,1-2H3,(H,8,10). The summed E-state index contributed by atoms with van der Waals surface area (Å²) in [5.74, 6) is 0. The molecule has 2 amide bonds. The van der Waals surface area contributed by atoms with Crippen LogP contribution in [0.25, 0.3) is 0 Å². The molecule has 1 unspecified atom stereocenters. The number of hydrogen-bond donors (Lipinski definition) is 2. The van der Waals surface area contributed by atoms with Crippen LogP contribution in [0.15, 0.2) is 0 Å². The first-order valence-corrected chi connectivity index (χ1v) is 4.34. The molecule has 4 heteroatoms. The zero-order valence-corrected chi connectivity index (χ0v) is 7.77. The molecule has 0 radical (unpaired) electrons. The van der Waals surface area contributed by atoms with Crippen molar-refractivity contribution in [1.29, 1.82) is 0 Å². The summed E-state index contributed by atoms with van der Waals surface area (Å²) in [5, 5.41) is 2.65. The van der Waals surface area contributed by atoms with Gasteiger partial charge < -0.3 is 10.2 Å². The third kappa shape index (κ3) is 2.61. The van der Waals surface area contributed by atoms with Crippen LogP contribution in [-0.4, -0.2) is 29.4 Å². The van der Waals surface area contributed by atoms with Crippen molar-refractivity contribution in [1.82, 2.24) is 10.2 Å². The van der Waals surface area contributed by atoms with Crippen molar-refractivity contribution < 1.29 is 4.79 Å². The summed E-state index contributed by atoms with van der Waals surface area (Å²) in [5.41, 5.74) is 0.